The molecule has 2 amide bonds. The van der Waals surface area contributed by atoms with Crippen molar-refractivity contribution in [3.8, 4) is 0 Å². The molecule has 0 saturated carbocycles. The van der Waals surface area contributed by atoms with Crippen LogP contribution in [0.1, 0.15) is 40.2 Å². The maximum Gasteiger partial charge on any atom is 0.271 e. The summed E-state index contributed by atoms with van der Waals surface area (Å²) in [4.78, 5) is 24.3. The van der Waals surface area contributed by atoms with Crippen molar-refractivity contribution in [3.05, 3.63) is 40.7 Å². The fraction of sp³-hybridized carbons (Fsp3) is 0.421. The summed E-state index contributed by atoms with van der Waals surface area (Å²) < 4.78 is 27.2. The van der Waals surface area contributed by atoms with Gasteiger partial charge in [-0.25, -0.2) is 8.42 Å². The molecule has 1 aliphatic rings. The molecule has 1 fully saturated rings. The molecule has 0 spiro atoms. The van der Waals surface area contributed by atoms with Crippen LogP contribution in [0.25, 0.3) is 0 Å². The van der Waals surface area contributed by atoms with Gasteiger partial charge in [-0.3, -0.25) is 14.7 Å². The van der Waals surface area contributed by atoms with E-state index >= 15 is 0 Å². The van der Waals surface area contributed by atoms with Gasteiger partial charge in [-0.2, -0.15) is 9.40 Å². The maximum absolute atomic E-state index is 12.9. The van der Waals surface area contributed by atoms with E-state index in [1.54, 1.807) is 25.1 Å². The van der Waals surface area contributed by atoms with Gasteiger partial charge < -0.3 is 11.1 Å². The highest BCUT2D eigenvalue weighted by Gasteiger charge is 2.33. The van der Waals surface area contributed by atoms with E-state index < -0.39 is 15.9 Å². The van der Waals surface area contributed by atoms with E-state index in [0.29, 0.717) is 18.5 Å². The van der Waals surface area contributed by atoms with Crippen LogP contribution >= 0.6 is 0 Å². The topological polar surface area (TPSA) is 138 Å². The average Bonchev–Trinajstić information content (AvgIpc) is 3.04. The number of aromatic nitrogens is 2. The molecule has 0 bridgehead atoms. The summed E-state index contributed by atoms with van der Waals surface area (Å²) in [7, 11) is -3.60. The van der Waals surface area contributed by atoms with Crippen molar-refractivity contribution in [2.45, 2.75) is 38.5 Å². The van der Waals surface area contributed by atoms with Crippen molar-refractivity contribution in [2.24, 2.45) is 11.7 Å². The summed E-state index contributed by atoms with van der Waals surface area (Å²) in [5.74, 6) is -1.38. The molecule has 1 aliphatic heterocycles. The lowest BCUT2D eigenvalue weighted by molar-refractivity contribution is -0.120. The number of carbonyl (C=O) groups excluding carboxylic acids is 2. The minimum Gasteiger partial charge on any atom is -0.364 e. The SMILES string of the molecule is Cc1ccc(S(=O)(=O)N2CCC(C(=O)Nc3c(C(N)=O)n[nH]c3C)CC2)cc1C. The molecule has 3 rings (SSSR count). The Balaban J connectivity index is 1.67. The number of rotatable bonds is 5. The number of benzene rings is 1. The number of anilines is 1. The zero-order chi connectivity index (χ0) is 21.3. The number of aromatic amines is 1. The van der Waals surface area contributed by atoms with Crippen LogP contribution in [-0.2, 0) is 14.8 Å². The lowest BCUT2D eigenvalue weighted by atomic mass is 9.97. The van der Waals surface area contributed by atoms with Crippen molar-refractivity contribution in [3.63, 3.8) is 0 Å². The van der Waals surface area contributed by atoms with Gasteiger partial charge in [0.2, 0.25) is 15.9 Å². The van der Waals surface area contributed by atoms with Gasteiger partial charge in [0.1, 0.15) is 0 Å². The number of carbonyl (C=O) groups is 2. The zero-order valence-electron chi connectivity index (χ0n) is 16.7. The molecule has 1 aromatic heterocycles. The Morgan fingerprint density at radius 2 is 1.83 bits per heavy atom. The first kappa shape index (κ1) is 21.0. The van der Waals surface area contributed by atoms with Crippen LogP contribution in [0.15, 0.2) is 23.1 Å². The highest BCUT2D eigenvalue weighted by atomic mass is 32.2. The first-order valence-corrected chi connectivity index (χ1v) is 10.8. The maximum atomic E-state index is 12.9. The summed E-state index contributed by atoms with van der Waals surface area (Å²) in [6, 6.07) is 5.09. The number of amides is 2. The highest BCUT2D eigenvalue weighted by molar-refractivity contribution is 7.89. The van der Waals surface area contributed by atoms with Crippen molar-refractivity contribution in [2.75, 3.05) is 18.4 Å². The predicted octanol–water partition coefficient (Wildman–Crippen LogP) is 1.47. The number of aryl methyl sites for hydroxylation is 3. The smallest absolute Gasteiger partial charge is 0.271 e. The Kier molecular flexibility index (Phi) is 5.76. The zero-order valence-corrected chi connectivity index (χ0v) is 17.5. The molecule has 10 heteroatoms. The van der Waals surface area contributed by atoms with Crippen LogP contribution in [0.4, 0.5) is 5.69 Å². The fourth-order valence-electron chi connectivity index (χ4n) is 3.37. The molecular weight excluding hydrogens is 394 g/mol. The standard InChI is InChI=1S/C19H25N5O4S/c1-11-4-5-15(10-12(11)2)29(27,28)24-8-6-14(7-9-24)19(26)21-16-13(3)22-23-17(16)18(20)25/h4-5,10,14H,6-9H2,1-3H3,(H2,20,25)(H,21,26)(H,22,23). The van der Waals surface area contributed by atoms with Crippen LogP contribution in [-0.4, -0.2) is 47.8 Å². The van der Waals surface area contributed by atoms with Crippen molar-refractivity contribution in [1.29, 1.82) is 0 Å². The van der Waals surface area contributed by atoms with Crippen LogP contribution in [0.2, 0.25) is 0 Å². The van der Waals surface area contributed by atoms with E-state index in [1.807, 2.05) is 13.8 Å². The normalized spacial score (nSPS) is 16.0. The number of hydrogen-bond donors (Lipinski definition) is 3. The summed E-state index contributed by atoms with van der Waals surface area (Å²) in [6.07, 6.45) is 0.775. The van der Waals surface area contributed by atoms with Crippen LogP contribution in [0, 0.1) is 26.7 Å². The van der Waals surface area contributed by atoms with Gasteiger partial charge in [0.25, 0.3) is 5.91 Å². The number of H-pyrrole nitrogens is 1. The quantitative estimate of drug-likeness (QED) is 0.674. The molecule has 0 unspecified atom stereocenters. The second-order valence-electron chi connectivity index (χ2n) is 7.35. The van der Waals surface area contributed by atoms with E-state index in [2.05, 4.69) is 15.5 Å². The van der Waals surface area contributed by atoms with Gasteiger partial charge in [0.15, 0.2) is 5.69 Å². The molecule has 4 N–H and O–H groups in total. The Hall–Kier alpha value is -2.72. The predicted molar refractivity (Wildman–Crippen MR) is 108 cm³/mol. The summed E-state index contributed by atoms with van der Waals surface area (Å²) >= 11 is 0. The largest absolute Gasteiger partial charge is 0.364 e. The van der Waals surface area contributed by atoms with Crippen LogP contribution in [0.3, 0.4) is 0 Å². The molecule has 1 saturated heterocycles. The van der Waals surface area contributed by atoms with Crippen molar-refractivity contribution >= 4 is 27.5 Å². The average molecular weight is 420 g/mol. The van der Waals surface area contributed by atoms with Crippen LogP contribution in [0.5, 0.6) is 0 Å². The minimum absolute atomic E-state index is 0.0226. The number of nitrogens with zero attached hydrogens (tertiary/aromatic N) is 2. The van der Waals surface area contributed by atoms with Gasteiger partial charge in [-0.15, -0.1) is 0 Å². The molecule has 29 heavy (non-hydrogen) atoms. The molecular formula is C19H25N5O4S. The second-order valence-corrected chi connectivity index (χ2v) is 9.29. The van der Waals surface area contributed by atoms with Gasteiger partial charge in [0.05, 0.1) is 16.3 Å². The third kappa shape index (κ3) is 4.18. The van der Waals surface area contributed by atoms with Gasteiger partial charge >= 0.3 is 0 Å². The molecule has 1 aromatic carbocycles. The first-order chi connectivity index (χ1) is 13.6. The Labute approximate surface area is 169 Å². The lowest BCUT2D eigenvalue weighted by Gasteiger charge is -2.30. The minimum atomic E-state index is -3.60. The van der Waals surface area contributed by atoms with E-state index in [1.165, 1.54) is 4.31 Å². The third-order valence-corrected chi connectivity index (χ3v) is 7.26. The molecule has 2 aromatic rings. The molecule has 0 atom stereocenters. The van der Waals surface area contributed by atoms with E-state index in [0.717, 1.165) is 11.1 Å². The number of nitrogens with one attached hydrogen (secondary N) is 2. The van der Waals surface area contributed by atoms with Crippen molar-refractivity contribution < 1.29 is 18.0 Å². The Morgan fingerprint density at radius 3 is 2.41 bits per heavy atom. The van der Waals surface area contributed by atoms with Gasteiger partial charge in [-0.1, -0.05) is 6.07 Å². The third-order valence-electron chi connectivity index (χ3n) is 5.37. The Morgan fingerprint density at radius 1 is 1.17 bits per heavy atom. The number of piperidine rings is 1. The highest BCUT2D eigenvalue weighted by Crippen LogP contribution is 2.27. The number of primary amides is 1. The summed E-state index contributed by atoms with van der Waals surface area (Å²) in [6.45, 7) is 5.99. The number of hydrogen-bond acceptors (Lipinski definition) is 5. The van der Waals surface area contributed by atoms with E-state index in [9.17, 15) is 18.0 Å². The van der Waals surface area contributed by atoms with Gasteiger partial charge in [-0.05, 0) is 56.9 Å². The van der Waals surface area contributed by atoms with Crippen LogP contribution < -0.4 is 11.1 Å². The second kappa shape index (κ2) is 7.96. The molecule has 156 valence electrons. The molecule has 0 radical (unpaired) electrons. The molecule has 9 nitrogen and oxygen atoms in total. The monoisotopic (exact) mass is 419 g/mol. The number of nitrogens with two attached hydrogens (primary N) is 1. The Bertz CT molecular complexity index is 1050. The number of sulfonamides is 1. The fourth-order valence-corrected chi connectivity index (χ4v) is 4.92. The van der Waals surface area contributed by atoms with E-state index in [-0.39, 0.29) is 41.2 Å². The van der Waals surface area contributed by atoms with E-state index in [4.69, 9.17) is 5.73 Å². The van der Waals surface area contributed by atoms with Crippen molar-refractivity contribution in [1.82, 2.24) is 14.5 Å². The summed E-state index contributed by atoms with van der Waals surface area (Å²) in [5.41, 5.74) is 8.00. The first-order valence-electron chi connectivity index (χ1n) is 9.34. The summed E-state index contributed by atoms with van der Waals surface area (Å²) in [5, 5.41) is 9.14. The lowest BCUT2D eigenvalue weighted by Crippen LogP contribution is -2.41. The molecule has 0 aliphatic carbocycles. The van der Waals surface area contributed by atoms with Gasteiger partial charge in [0, 0.05) is 19.0 Å². The molecule has 2 heterocycles.